The van der Waals surface area contributed by atoms with E-state index in [-0.39, 0.29) is 11.9 Å². The number of rotatable bonds is 5. The molecule has 5 nitrogen and oxygen atoms in total. The summed E-state index contributed by atoms with van der Waals surface area (Å²) in [5.41, 5.74) is 4.16. The van der Waals surface area contributed by atoms with E-state index in [4.69, 9.17) is 0 Å². The van der Waals surface area contributed by atoms with Crippen LogP contribution in [0.5, 0.6) is 0 Å². The van der Waals surface area contributed by atoms with Gasteiger partial charge in [0.1, 0.15) is 0 Å². The molecule has 1 aromatic carbocycles. The van der Waals surface area contributed by atoms with E-state index in [0.717, 1.165) is 36.3 Å². The summed E-state index contributed by atoms with van der Waals surface area (Å²) in [6.45, 7) is 3.42. The van der Waals surface area contributed by atoms with Crippen LogP contribution in [0.25, 0.3) is 0 Å². The van der Waals surface area contributed by atoms with Gasteiger partial charge in [-0.15, -0.1) is 0 Å². The molecule has 1 saturated heterocycles. The van der Waals surface area contributed by atoms with Crippen LogP contribution >= 0.6 is 0 Å². The van der Waals surface area contributed by atoms with Crippen molar-refractivity contribution in [2.45, 2.75) is 51.9 Å². The molecule has 0 spiro atoms. The first-order valence-electron chi connectivity index (χ1n) is 9.27. The summed E-state index contributed by atoms with van der Waals surface area (Å²) in [5.74, 6) is 0.179. The van der Waals surface area contributed by atoms with Gasteiger partial charge in [0.05, 0.1) is 0 Å². The number of hydrogen-bond acceptors (Lipinski definition) is 2. The lowest BCUT2D eigenvalue weighted by atomic mass is 9.97. The van der Waals surface area contributed by atoms with Gasteiger partial charge in [0.2, 0.25) is 5.91 Å². The van der Waals surface area contributed by atoms with E-state index >= 15 is 0 Å². The smallest absolute Gasteiger partial charge is 0.319 e. The molecule has 25 heavy (non-hydrogen) atoms. The third-order valence-corrected chi connectivity index (χ3v) is 4.94. The minimum absolute atomic E-state index is 0.179. The Kier molecular flexibility index (Phi) is 5.74. The summed E-state index contributed by atoms with van der Waals surface area (Å²) in [5, 5.41) is 5.80. The number of aryl methyl sites for hydroxylation is 1. The number of urea groups is 1. The molecule has 1 aromatic rings. The van der Waals surface area contributed by atoms with Crippen LogP contribution < -0.4 is 15.5 Å². The normalized spacial score (nSPS) is 17.4. The highest BCUT2D eigenvalue weighted by Crippen LogP contribution is 2.27. The van der Waals surface area contributed by atoms with Crippen LogP contribution in [0.4, 0.5) is 16.2 Å². The van der Waals surface area contributed by atoms with Gasteiger partial charge in [-0.25, -0.2) is 4.79 Å². The number of benzene rings is 1. The molecule has 3 rings (SSSR count). The monoisotopic (exact) mass is 341 g/mol. The van der Waals surface area contributed by atoms with Gasteiger partial charge < -0.3 is 15.5 Å². The molecule has 1 aliphatic carbocycles. The third-order valence-electron chi connectivity index (χ3n) is 4.94. The number of hydrogen-bond donors (Lipinski definition) is 2. The minimum atomic E-state index is -0.180. The largest absolute Gasteiger partial charge is 0.338 e. The Morgan fingerprint density at radius 1 is 1.20 bits per heavy atom. The lowest BCUT2D eigenvalue weighted by Crippen LogP contribution is -2.30. The lowest BCUT2D eigenvalue weighted by Gasteiger charge is -2.19. The van der Waals surface area contributed by atoms with Crippen molar-refractivity contribution in [3.05, 3.63) is 35.4 Å². The predicted octanol–water partition coefficient (Wildman–Crippen LogP) is 4.13. The maximum atomic E-state index is 12.1. The van der Waals surface area contributed by atoms with Crippen LogP contribution in [0.3, 0.4) is 0 Å². The average molecular weight is 341 g/mol. The van der Waals surface area contributed by atoms with Crippen molar-refractivity contribution in [1.29, 1.82) is 0 Å². The highest BCUT2D eigenvalue weighted by molar-refractivity contribution is 5.96. The molecule has 134 valence electrons. The Bertz CT molecular complexity index is 682. The topological polar surface area (TPSA) is 61.4 Å². The number of amides is 3. The van der Waals surface area contributed by atoms with Gasteiger partial charge in [0.15, 0.2) is 0 Å². The zero-order chi connectivity index (χ0) is 17.6. The van der Waals surface area contributed by atoms with Gasteiger partial charge in [-0.05, 0) is 69.2 Å². The SMILES string of the molecule is Cc1cc(NC(=O)NCCC2=CCCCC2)ccc1N1CCCC1=O. The molecule has 0 bridgehead atoms. The summed E-state index contributed by atoms with van der Waals surface area (Å²) in [6, 6.07) is 5.52. The van der Waals surface area contributed by atoms with Gasteiger partial charge in [-0.1, -0.05) is 11.6 Å². The Labute approximate surface area is 149 Å². The first kappa shape index (κ1) is 17.5. The van der Waals surface area contributed by atoms with E-state index in [1.807, 2.05) is 30.0 Å². The van der Waals surface area contributed by atoms with Gasteiger partial charge in [-0.2, -0.15) is 0 Å². The van der Waals surface area contributed by atoms with E-state index in [1.54, 1.807) is 0 Å². The molecular weight excluding hydrogens is 314 g/mol. The van der Waals surface area contributed by atoms with Crippen molar-refractivity contribution in [2.24, 2.45) is 0 Å². The molecule has 1 fully saturated rings. The predicted molar refractivity (Wildman–Crippen MR) is 101 cm³/mol. The third kappa shape index (κ3) is 4.62. The second-order valence-corrected chi connectivity index (χ2v) is 6.89. The second kappa shape index (κ2) is 8.19. The summed E-state index contributed by atoms with van der Waals surface area (Å²) < 4.78 is 0. The molecule has 3 amide bonds. The molecule has 0 radical (unpaired) electrons. The summed E-state index contributed by atoms with van der Waals surface area (Å²) in [4.78, 5) is 25.8. The second-order valence-electron chi connectivity index (χ2n) is 6.89. The van der Waals surface area contributed by atoms with Crippen molar-refractivity contribution in [3.8, 4) is 0 Å². The van der Waals surface area contributed by atoms with Crippen LogP contribution in [0.15, 0.2) is 29.8 Å². The Hall–Kier alpha value is -2.30. The number of anilines is 2. The summed E-state index contributed by atoms with van der Waals surface area (Å²) in [7, 11) is 0. The molecular formula is C20H27N3O2. The van der Waals surface area contributed by atoms with Crippen LogP contribution in [0, 0.1) is 6.92 Å². The summed E-state index contributed by atoms with van der Waals surface area (Å²) in [6.07, 6.45) is 9.67. The first-order chi connectivity index (χ1) is 12.1. The first-order valence-corrected chi connectivity index (χ1v) is 9.27. The van der Waals surface area contributed by atoms with E-state index in [2.05, 4.69) is 16.7 Å². The maximum Gasteiger partial charge on any atom is 0.319 e. The van der Waals surface area contributed by atoms with E-state index in [9.17, 15) is 9.59 Å². The van der Waals surface area contributed by atoms with Crippen molar-refractivity contribution in [1.82, 2.24) is 5.32 Å². The molecule has 0 unspecified atom stereocenters. The zero-order valence-corrected chi connectivity index (χ0v) is 14.9. The molecule has 2 N–H and O–H groups in total. The summed E-state index contributed by atoms with van der Waals surface area (Å²) >= 11 is 0. The average Bonchev–Trinajstić information content (AvgIpc) is 3.02. The van der Waals surface area contributed by atoms with Gasteiger partial charge in [0, 0.05) is 30.9 Å². The highest BCUT2D eigenvalue weighted by Gasteiger charge is 2.23. The fraction of sp³-hybridized carbons (Fsp3) is 0.500. The van der Waals surface area contributed by atoms with E-state index in [1.165, 1.54) is 31.3 Å². The molecule has 0 aromatic heterocycles. The van der Waals surface area contributed by atoms with E-state index < -0.39 is 0 Å². The van der Waals surface area contributed by atoms with Gasteiger partial charge in [-0.3, -0.25) is 4.79 Å². The van der Waals surface area contributed by atoms with Crippen molar-refractivity contribution in [3.63, 3.8) is 0 Å². The maximum absolute atomic E-state index is 12.1. The number of nitrogens with zero attached hydrogens (tertiary/aromatic N) is 1. The molecule has 0 atom stereocenters. The van der Waals surface area contributed by atoms with Crippen molar-refractivity contribution < 1.29 is 9.59 Å². The van der Waals surface area contributed by atoms with Crippen molar-refractivity contribution in [2.75, 3.05) is 23.3 Å². The number of allylic oxidation sites excluding steroid dienone is 1. The standard InChI is InChI=1S/C20H27N3O2/c1-15-14-17(9-10-18(15)23-13-5-8-19(23)24)22-20(25)21-12-11-16-6-3-2-4-7-16/h6,9-10,14H,2-5,7-8,11-13H2,1H3,(H2,21,22,25). The lowest BCUT2D eigenvalue weighted by molar-refractivity contribution is -0.117. The zero-order valence-electron chi connectivity index (χ0n) is 14.9. The van der Waals surface area contributed by atoms with E-state index in [0.29, 0.717) is 13.0 Å². The van der Waals surface area contributed by atoms with Gasteiger partial charge >= 0.3 is 6.03 Å². The fourth-order valence-electron chi connectivity index (χ4n) is 3.58. The van der Waals surface area contributed by atoms with Gasteiger partial charge in [0.25, 0.3) is 0 Å². The molecule has 2 aliphatic rings. The highest BCUT2D eigenvalue weighted by atomic mass is 16.2. The Morgan fingerprint density at radius 2 is 2.08 bits per heavy atom. The minimum Gasteiger partial charge on any atom is -0.338 e. The number of carbonyl (C=O) groups is 2. The molecule has 1 heterocycles. The van der Waals surface area contributed by atoms with Crippen LogP contribution in [0.2, 0.25) is 0 Å². The Balaban J connectivity index is 1.50. The van der Waals surface area contributed by atoms with Crippen LogP contribution in [0.1, 0.15) is 50.5 Å². The molecule has 0 saturated carbocycles. The fourth-order valence-corrected chi connectivity index (χ4v) is 3.58. The van der Waals surface area contributed by atoms with Crippen LogP contribution in [-0.2, 0) is 4.79 Å². The molecule has 1 aliphatic heterocycles. The quantitative estimate of drug-likeness (QED) is 0.791. The van der Waals surface area contributed by atoms with Crippen LogP contribution in [-0.4, -0.2) is 25.0 Å². The number of carbonyl (C=O) groups excluding carboxylic acids is 2. The van der Waals surface area contributed by atoms with Crippen molar-refractivity contribution >= 4 is 23.3 Å². The number of nitrogens with one attached hydrogen (secondary N) is 2. The Morgan fingerprint density at radius 3 is 2.76 bits per heavy atom. The molecule has 5 heteroatoms.